The summed E-state index contributed by atoms with van der Waals surface area (Å²) in [6.07, 6.45) is 2.16. The average molecular weight is 478 g/mol. The van der Waals surface area contributed by atoms with Gasteiger partial charge in [-0.2, -0.15) is 0 Å². The number of ether oxygens (including phenoxy) is 1. The lowest BCUT2D eigenvalue weighted by Crippen LogP contribution is -2.45. The largest absolute Gasteiger partial charge is 0.372 e. The second-order valence-electron chi connectivity index (χ2n) is 8.78. The lowest BCUT2D eigenvalue weighted by molar-refractivity contribution is -0.00546. The van der Waals surface area contributed by atoms with Gasteiger partial charge in [-0.1, -0.05) is 11.2 Å². The third kappa shape index (κ3) is 4.53. The van der Waals surface area contributed by atoms with E-state index in [0.29, 0.717) is 34.6 Å². The number of rotatable bonds is 5. The molecule has 2 atom stereocenters. The van der Waals surface area contributed by atoms with Crippen LogP contribution in [0.15, 0.2) is 41.1 Å². The minimum Gasteiger partial charge on any atom is -0.372 e. The number of fused-ring (bicyclic) bond motifs is 1. The van der Waals surface area contributed by atoms with E-state index in [9.17, 15) is 4.79 Å². The molecule has 5 heterocycles. The molecule has 1 saturated heterocycles. The Labute approximate surface area is 202 Å². The fraction of sp³-hybridized carbons (Fsp3) is 0.360. The van der Waals surface area contributed by atoms with Crippen LogP contribution in [0.5, 0.6) is 0 Å². The van der Waals surface area contributed by atoms with Gasteiger partial charge < -0.3 is 19.5 Å². The summed E-state index contributed by atoms with van der Waals surface area (Å²) in [5.41, 5.74) is 3.14. The maximum atomic E-state index is 13.2. The number of carbonyl (C=O) groups excluding carboxylic acids is 1. The summed E-state index contributed by atoms with van der Waals surface area (Å²) >= 11 is 1.62. The Kier molecular flexibility index (Phi) is 6.05. The number of nitrogens with one attached hydrogen (secondary N) is 1. The molecule has 0 saturated carbocycles. The number of pyridine rings is 2. The van der Waals surface area contributed by atoms with Crippen molar-refractivity contribution in [3.8, 4) is 10.6 Å². The summed E-state index contributed by atoms with van der Waals surface area (Å²) in [6.45, 7) is 10.00. The van der Waals surface area contributed by atoms with E-state index in [4.69, 9.17) is 9.26 Å². The van der Waals surface area contributed by atoms with Crippen molar-refractivity contribution in [1.29, 1.82) is 0 Å². The molecule has 0 radical (unpaired) electrons. The van der Waals surface area contributed by atoms with Crippen molar-refractivity contribution < 1.29 is 14.1 Å². The summed E-state index contributed by atoms with van der Waals surface area (Å²) < 4.78 is 11.2. The van der Waals surface area contributed by atoms with Gasteiger partial charge in [0.05, 0.1) is 39.4 Å². The highest BCUT2D eigenvalue weighted by atomic mass is 32.1. The summed E-state index contributed by atoms with van der Waals surface area (Å²) in [5, 5.41) is 7.68. The molecule has 1 aliphatic rings. The first kappa shape index (κ1) is 22.5. The third-order valence-corrected chi connectivity index (χ3v) is 6.88. The Morgan fingerprint density at radius 1 is 1.18 bits per heavy atom. The molecule has 0 aromatic carbocycles. The van der Waals surface area contributed by atoms with Gasteiger partial charge in [-0.15, -0.1) is 11.3 Å². The molecule has 1 amide bonds. The van der Waals surface area contributed by atoms with Crippen molar-refractivity contribution in [1.82, 2.24) is 20.4 Å². The van der Waals surface area contributed by atoms with Gasteiger partial charge in [0.1, 0.15) is 5.82 Å². The number of hydrogen-bond donors (Lipinski definition) is 1. The number of hydrogen-bond acceptors (Lipinski definition) is 8. The summed E-state index contributed by atoms with van der Waals surface area (Å²) in [7, 11) is 0. The monoisotopic (exact) mass is 477 g/mol. The van der Waals surface area contributed by atoms with E-state index >= 15 is 0 Å². The first-order valence-electron chi connectivity index (χ1n) is 11.3. The quantitative estimate of drug-likeness (QED) is 0.452. The van der Waals surface area contributed by atoms with Crippen molar-refractivity contribution in [2.45, 2.75) is 46.4 Å². The molecule has 176 valence electrons. The number of thiophene rings is 1. The molecule has 1 N–H and O–H groups in total. The van der Waals surface area contributed by atoms with Crippen molar-refractivity contribution in [3.63, 3.8) is 0 Å². The van der Waals surface area contributed by atoms with Crippen molar-refractivity contribution in [2.24, 2.45) is 0 Å². The zero-order valence-electron chi connectivity index (χ0n) is 19.7. The zero-order chi connectivity index (χ0) is 23.8. The Hall–Kier alpha value is -3.30. The smallest absolute Gasteiger partial charge is 0.259 e. The van der Waals surface area contributed by atoms with E-state index in [0.717, 1.165) is 29.3 Å². The minimum atomic E-state index is -0.201. The molecule has 8 nitrogen and oxygen atoms in total. The molecule has 4 aromatic rings. The van der Waals surface area contributed by atoms with E-state index in [1.54, 1.807) is 11.3 Å². The fourth-order valence-electron chi connectivity index (χ4n) is 4.32. The molecule has 1 fully saturated rings. The van der Waals surface area contributed by atoms with Crippen LogP contribution in [0.1, 0.15) is 40.3 Å². The van der Waals surface area contributed by atoms with Crippen LogP contribution in [-0.4, -0.2) is 46.3 Å². The maximum absolute atomic E-state index is 13.2. The van der Waals surface area contributed by atoms with Crippen LogP contribution in [0.25, 0.3) is 21.7 Å². The normalized spacial score (nSPS) is 18.4. The van der Waals surface area contributed by atoms with Gasteiger partial charge in [-0.05, 0) is 57.5 Å². The molecule has 1 aliphatic heterocycles. The topological polar surface area (TPSA) is 93.4 Å². The van der Waals surface area contributed by atoms with Gasteiger partial charge in [-0.25, -0.2) is 9.97 Å². The van der Waals surface area contributed by atoms with Crippen molar-refractivity contribution in [2.75, 3.05) is 18.0 Å². The maximum Gasteiger partial charge on any atom is 0.259 e. The SMILES string of the molecule is Cc1ccc(-c2cc(C(=O)NCc3ccc(N4CC(C)OC(C)C4)nc3)c3c(C)noc3n2)s1. The highest BCUT2D eigenvalue weighted by Gasteiger charge is 2.23. The van der Waals surface area contributed by atoms with E-state index < -0.39 is 0 Å². The van der Waals surface area contributed by atoms with Crippen LogP contribution in [0.4, 0.5) is 5.82 Å². The lowest BCUT2D eigenvalue weighted by Gasteiger charge is -2.36. The minimum absolute atomic E-state index is 0.172. The first-order valence-corrected chi connectivity index (χ1v) is 12.2. The lowest BCUT2D eigenvalue weighted by atomic mass is 10.1. The number of nitrogens with zero attached hydrogens (tertiary/aromatic N) is 4. The molecule has 9 heteroatoms. The van der Waals surface area contributed by atoms with E-state index in [-0.39, 0.29) is 18.1 Å². The molecule has 2 unspecified atom stereocenters. The van der Waals surface area contributed by atoms with Gasteiger partial charge >= 0.3 is 0 Å². The Morgan fingerprint density at radius 3 is 2.65 bits per heavy atom. The van der Waals surface area contributed by atoms with E-state index in [1.165, 1.54) is 4.88 Å². The molecule has 5 rings (SSSR count). The molecular weight excluding hydrogens is 450 g/mol. The number of aromatic nitrogens is 3. The second kappa shape index (κ2) is 9.15. The number of aryl methyl sites for hydroxylation is 2. The molecule has 0 bridgehead atoms. The predicted octanol–water partition coefficient (Wildman–Crippen LogP) is 4.51. The molecule has 4 aromatic heterocycles. The second-order valence-corrected chi connectivity index (χ2v) is 10.1. The Bertz CT molecular complexity index is 1320. The van der Waals surface area contributed by atoms with Crippen LogP contribution in [0, 0.1) is 13.8 Å². The van der Waals surface area contributed by atoms with Crippen molar-refractivity contribution >= 4 is 34.2 Å². The fourth-order valence-corrected chi connectivity index (χ4v) is 5.15. The van der Waals surface area contributed by atoms with Gasteiger partial charge in [0.15, 0.2) is 0 Å². The number of morpholine rings is 1. The third-order valence-electron chi connectivity index (χ3n) is 5.86. The highest BCUT2D eigenvalue weighted by Crippen LogP contribution is 2.31. The molecule has 0 spiro atoms. The van der Waals surface area contributed by atoms with Crippen LogP contribution in [-0.2, 0) is 11.3 Å². The number of carbonyl (C=O) groups is 1. The van der Waals surface area contributed by atoms with Crippen LogP contribution >= 0.6 is 11.3 Å². The molecule has 0 aliphatic carbocycles. The van der Waals surface area contributed by atoms with E-state index in [1.807, 2.05) is 50.4 Å². The van der Waals surface area contributed by atoms with Crippen LogP contribution < -0.4 is 10.2 Å². The van der Waals surface area contributed by atoms with E-state index in [2.05, 4.69) is 39.2 Å². The molecular formula is C25H27N5O3S. The zero-order valence-corrected chi connectivity index (χ0v) is 20.5. The molecule has 34 heavy (non-hydrogen) atoms. The summed E-state index contributed by atoms with van der Waals surface area (Å²) in [6, 6.07) is 9.85. The van der Waals surface area contributed by atoms with Crippen molar-refractivity contribution in [3.05, 3.63) is 58.2 Å². The number of amides is 1. The van der Waals surface area contributed by atoms with Gasteiger partial charge in [0, 0.05) is 30.7 Å². The first-order chi connectivity index (χ1) is 16.4. The average Bonchev–Trinajstić information content (AvgIpc) is 3.42. The van der Waals surface area contributed by atoms with Gasteiger partial charge in [0.25, 0.3) is 11.6 Å². The predicted molar refractivity (Wildman–Crippen MR) is 132 cm³/mol. The van der Waals surface area contributed by atoms with Crippen LogP contribution in [0.2, 0.25) is 0 Å². The Morgan fingerprint density at radius 2 is 1.97 bits per heavy atom. The van der Waals surface area contributed by atoms with Crippen LogP contribution in [0.3, 0.4) is 0 Å². The summed E-state index contributed by atoms with van der Waals surface area (Å²) in [5.74, 6) is 0.719. The highest BCUT2D eigenvalue weighted by molar-refractivity contribution is 7.15. The van der Waals surface area contributed by atoms with Gasteiger partial charge in [0.2, 0.25) is 0 Å². The summed E-state index contributed by atoms with van der Waals surface area (Å²) in [4.78, 5) is 26.8. The number of anilines is 1. The Balaban J connectivity index is 1.33. The standard InChI is InChI=1S/C25H27N5O3S/c1-14-12-30(13-15(2)32-14)22-8-6-18(10-26-22)11-27-24(31)19-9-20(21-7-5-16(3)34-21)28-25-23(19)17(4)29-33-25/h5-10,14-15H,11-13H2,1-4H3,(H,27,31). The van der Waals surface area contributed by atoms with Gasteiger partial charge in [-0.3, -0.25) is 4.79 Å².